The summed E-state index contributed by atoms with van der Waals surface area (Å²) in [7, 11) is 1.64. The maximum atomic E-state index is 5.42. The zero-order valence-electron chi connectivity index (χ0n) is 14.0. The van der Waals surface area contributed by atoms with Gasteiger partial charge in [-0.3, -0.25) is 0 Å². The summed E-state index contributed by atoms with van der Waals surface area (Å²) in [6.07, 6.45) is 1.51. The summed E-state index contributed by atoms with van der Waals surface area (Å²) in [6.45, 7) is 8.59. The molecule has 23 heavy (non-hydrogen) atoms. The highest BCUT2D eigenvalue weighted by Gasteiger charge is 2.14. The van der Waals surface area contributed by atoms with E-state index >= 15 is 0 Å². The van der Waals surface area contributed by atoms with Gasteiger partial charge in [-0.05, 0) is 39.3 Å². The van der Waals surface area contributed by atoms with Crippen molar-refractivity contribution in [3.8, 4) is 5.88 Å². The third-order valence-corrected chi connectivity index (χ3v) is 3.97. The number of rotatable bonds is 4. The van der Waals surface area contributed by atoms with Crippen molar-refractivity contribution >= 4 is 11.6 Å². The highest BCUT2D eigenvalue weighted by molar-refractivity contribution is 5.52. The number of hydrogen-bond donors (Lipinski definition) is 1. The van der Waals surface area contributed by atoms with Crippen LogP contribution in [0.15, 0.2) is 12.4 Å². The number of nitrogens with zero attached hydrogens (tertiary/aromatic N) is 5. The molecule has 0 spiro atoms. The van der Waals surface area contributed by atoms with Crippen LogP contribution in [-0.4, -0.2) is 31.7 Å². The molecular weight excluding hydrogens is 292 g/mol. The second kappa shape index (κ2) is 5.83. The molecule has 0 fully saturated rings. The molecule has 7 nitrogen and oxygen atoms in total. The van der Waals surface area contributed by atoms with Crippen LogP contribution in [0.1, 0.15) is 28.1 Å². The molecule has 0 aromatic carbocycles. The van der Waals surface area contributed by atoms with Crippen LogP contribution in [0.25, 0.3) is 5.78 Å². The summed E-state index contributed by atoms with van der Waals surface area (Å²) < 4.78 is 7.14. The Morgan fingerprint density at radius 1 is 1.17 bits per heavy atom. The number of nitrogens with one attached hydrogen (secondary N) is 1. The zero-order valence-corrected chi connectivity index (χ0v) is 14.0. The molecule has 0 unspecified atom stereocenters. The van der Waals surface area contributed by atoms with Crippen LogP contribution < -0.4 is 10.1 Å². The van der Waals surface area contributed by atoms with E-state index in [1.54, 1.807) is 11.6 Å². The largest absolute Gasteiger partial charge is 0.481 e. The van der Waals surface area contributed by atoms with Crippen molar-refractivity contribution in [3.63, 3.8) is 0 Å². The van der Waals surface area contributed by atoms with E-state index in [4.69, 9.17) is 4.74 Å². The molecule has 0 amide bonds. The maximum absolute atomic E-state index is 5.42. The van der Waals surface area contributed by atoms with Crippen molar-refractivity contribution in [3.05, 3.63) is 40.5 Å². The molecule has 7 heteroatoms. The molecule has 3 aromatic rings. The molecule has 120 valence electrons. The number of pyridine rings is 1. The van der Waals surface area contributed by atoms with E-state index < -0.39 is 0 Å². The number of fused-ring (bicyclic) bond motifs is 1. The molecule has 3 rings (SSSR count). The van der Waals surface area contributed by atoms with Gasteiger partial charge in [-0.15, -0.1) is 0 Å². The number of aryl methyl sites for hydroxylation is 3. The normalized spacial score (nSPS) is 11.0. The van der Waals surface area contributed by atoms with E-state index in [-0.39, 0.29) is 0 Å². The van der Waals surface area contributed by atoms with Crippen LogP contribution in [0, 0.1) is 27.7 Å². The zero-order chi connectivity index (χ0) is 16.6. The maximum Gasteiger partial charge on any atom is 0.254 e. The first-order valence-electron chi connectivity index (χ1n) is 7.43. The van der Waals surface area contributed by atoms with Gasteiger partial charge in [0.05, 0.1) is 7.11 Å². The van der Waals surface area contributed by atoms with Crippen LogP contribution in [0.3, 0.4) is 0 Å². The highest BCUT2D eigenvalue weighted by Crippen LogP contribution is 2.24. The van der Waals surface area contributed by atoms with Crippen LogP contribution in [0.5, 0.6) is 5.88 Å². The molecule has 3 aromatic heterocycles. The Morgan fingerprint density at radius 3 is 2.70 bits per heavy atom. The van der Waals surface area contributed by atoms with Gasteiger partial charge in [0.15, 0.2) is 0 Å². The van der Waals surface area contributed by atoms with Crippen LogP contribution in [-0.2, 0) is 6.54 Å². The summed E-state index contributed by atoms with van der Waals surface area (Å²) in [6, 6.07) is 2.05. The van der Waals surface area contributed by atoms with Crippen molar-refractivity contribution in [2.75, 3.05) is 12.4 Å². The van der Waals surface area contributed by atoms with Gasteiger partial charge in [0.25, 0.3) is 5.78 Å². The predicted molar refractivity (Wildman–Crippen MR) is 87.8 cm³/mol. The summed E-state index contributed by atoms with van der Waals surface area (Å²) in [4.78, 5) is 13.0. The molecule has 0 radical (unpaired) electrons. The lowest BCUT2D eigenvalue weighted by Gasteiger charge is -2.15. The predicted octanol–water partition coefficient (Wildman–Crippen LogP) is 2.37. The molecule has 1 N–H and O–H groups in total. The first-order chi connectivity index (χ1) is 11.0. The third kappa shape index (κ3) is 2.69. The molecular formula is C16H20N6O. The van der Waals surface area contributed by atoms with Gasteiger partial charge in [-0.2, -0.15) is 14.6 Å². The molecule has 0 bridgehead atoms. The van der Waals surface area contributed by atoms with Crippen LogP contribution >= 0.6 is 0 Å². The average Bonchev–Trinajstić information content (AvgIpc) is 2.96. The Kier molecular flexibility index (Phi) is 3.85. The molecule has 0 aliphatic carbocycles. The van der Waals surface area contributed by atoms with Crippen LogP contribution in [0.2, 0.25) is 0 Å². The van der Waals surface area contributed by atoms with Crippen molar-refractivity contribution in [1.82, 2.24) is 24.6 Å². The standard InChI is InChI=1S/C16H20N6O/c1-9-6-10(2)20-15(23-5)13(9)7-17-14-11(3)12(4)21-16-18-8-19-22(14)16/h6,8,17H,7H2,1-5H3. The smallest absolute Gasteiger partial charge is 0.254 e. The van der Waals surface area contributed by atoms with Crippen molar-refractivity contribution in [2.45, 2.75) is 34.2 Å². The van der Waals surface area contributed by atoms with E-state index in [2.05, 4.69) is 38.4 Å². The Labute approximate surface area is 134 Å². The van der Waals surface area contributed by atoms with Gasteiger partial charge in [-0.1, -0.05) is 0 Å². The summed E-state index contributed by atoms with van der Waals surface area (Å²) in [5.41, 5.74) is 5.08. The second-order valence-corrected chi connectivity index (χ2v) is 5.56. The first kappa shape index (κ1) is 15.2. The lowest BCUT2D eigenvalue weighted by Crippen LogP contribution is -2.12. The number of ether oxygens (including phenoxy) is 1. The van der Waals surface area contributed by atoms with Crippen molar-refractivity contribution in [2.24, 2.45) is 0 Å². The van der Waals surface area contributed by atoms with Crippen molar-refractivity contribution < 1.29 is 4.74 Å². The summed E-state index contributed by atoms with van der Waals surface area (Å²) >= 11 is 0. The van der Waals surface area contributed by atoms with Crippen molar-refractivity contribution in [1.29, 1.82) is 0 Å². The monoisotopic (exact) mass is 312 g/mol. The van der Waals surface area contributed by atoms with E-state index in [0.29, 0.717) is 18.2 Å². The summed E-state index contributed by atoms with van der Waals surface area (Å²) in [5.74, 6) is 2.11. The van der Waals surface area contributed by atoms with E-state index in [1.165, 1.54) is 6.33 Å². The lowest BCUT2D eigenvalue weighted by atomic mass is 10.1. The number of aromatic nitrogens is 5. The average molecular weight is 312 g/mol. The molecule has 0 saturated carbocycles. The van der Waals surface area contributed by atoms with Gasteiger partial charge in [0.1, 0.15) is 12.1 Å². The lowest BCUT2D eigenvalue weighted by molar-refractivity contribution is 0.391. The fourth-order valence-corrected chi connectivity index (χ4v) is 2.63. The van der Waals surface area contributed by atoms with E-state index in [1.807, 2.05) is 20.8 Å². The highest BCUT2D eigenvalue weighted by atomic mass is 16.5. The molecule has 3 heterocycles. The Hall–Kier alpha value is -2.70. The number of methoxy groups -OCH3 is 1. The van der Waals surface area contributed by atoms with E-state index in [0.717, 1.165) is 33.9 Å². The number of hydrogen-bond acceptors (Lipinski definition) is 6. The van der Waals surface area contributed by atoms with Crippen LogP contribution in [0.4, 0.5) is 5.82 Å². The van der Waals surface area contributed by atoms with Gasteiger partial charge in [0.2, 0.25) is 5.88 Å². The summed E-state index contributed by atoms with van der Waals surface area (Å²) in [5, 5.41) is 7.68. The minimum atomic E-state index is 0.585. The molecule has 0 atom stereocenters. The number of anilines is 1. The molecule has 0 aliphatic rings. The first-order valence-corrected chi connectivity index (χ1v) is 7.43. The molecule has 0 saturated heterocycles. The third-order valence-electron chi connectivity index (χ3n) is 3.97. The Morgan fingerprint density at radius 2 is 1.96 bits per heavy atom. The minimum Gasteiger partial charge on any atom is -0.481 e. The van der Waals surface area contributed by atoms with E-state index in [9.17, 15) is 0 Å². The van der Waals surface area contributed by atoms with Gasteiger partial charge >= 0.3 is 0 Å². The van der Waals surface area contributed by atoms with Gasteiger partial charge in [0, 0.05) is 29.1 Å². The quantitative estimate of drug-likeness (QED) is 0.797. The second-order valence-electron chi connectivity index (χ2n) is 5.56. The Bertz CT molecular complexity index is 871. The molecule has 0 aliphatic heterocycles. The van der Waals surface area contributed by atoms with Gasteiger partial charge in [-0.25, -0.2) is 9.97 Å². The topological polar surface area (TPSA) is 77.2 Å². The fourth-order valence-electron chi connectivity index (χ4n) is 2.63. The van der Waals surface area contributed by atoms with Gasteiger partial charge < -0.3 is 10.1 Å². The SMILES string of the molecule is COc1nc(C)cc(C)c1CNc1c(C)c(C)nc2ncnn12. The minimum absolute atomic E-state index is 0.585. The fraction of sp³-hybridized carbons (Fsp3) is 0.375. The Balaban J connectivity index is 1.99.